The quantitative estimate of drug-likeness (QED) is 0.671. The largest absolute Gasteiger partial charge is 0.427 e. The SMILES string of the molecule is FC(F)(F)C1NC(=S)c2ccccc2N1. The predicted molar refractivity (Wildman–Crippen MR) is 54.7 cm³/mol. The molecular formula is C9H7F3N2S. The van der Waals surface area contributed by atoms with E-state index in [1.807, 2.05) is 0 Å². The lowest BCUT2D eigenvalue weighted by Crippen LogP contribution is -2.53. The van der Waals surface area contributed by atoms with Crippen molar-refractivity contribution in [2.75, 3.05) is 5.32 Å². The van der Waals surface area contributed by atoms with Gasteiger partial charge in [0.15, 0.2) is 6.17 Å². The first-order valence-electron chi connectivity index (χ1n) is 4.21. The minimum Gasteiger partial charge on any atom is -0.357 e. The van der Waals surface area contributed by atoms with Crippen LogP contribution in [0.5, 0.6) is 0 Å². The average molecular weight is 232 g/mol. The number of hydrogen-bond donors (Lipinski definition) is 2. The molecule has 2 rings (SSSR count). The molecule has 0 bridgehead atoms. The second kappa shape index (κ2) is 3.37. The molecule has 1 aliphatic heterocycles. The first-order valence-corrected chi connectivity index (χ1v) is 4.62. The van der Waals surface area contributed by atoms with Gasteiger partial charge in [-0.25, -0.2) is 0 Å². The summed E-state index contributed by atoms with van der Waals surface area (Å²) >= 11 is 4.86. The van der Waals surface area contributed by atoms with Gasteiger partial charge in [-0.05, 0) is 12.1 Å². The van der Waals surface area contributed by atoms with Crippen LogP contribution >= 0.6 is 12.2 Å². The van der Waals surface area contributed by atoms with Crippen molar-refractivity contribution in [3.63, 3.8) is 0 Å². The molecule has 0 amide bonds. The highest BCUT2D eigenvalue weighted by Gasteiger charge is 2.42. The highest BCUT2D eigenvalue weighted by atomic mass is 32.1. The number of nitrogens with one attached hydrogen (secondary N) is 2. The smallest absolute Gasteiger partial charge is 0.357 e. The highest BCUT2D eigenvalue weighted by Crippen LogP contribution is 2.27. The molecule has 1 unspecified atom stereocenters. The van der Waals surface area contributed by atoms with E-state index >= 15 is 0 Å². The van der Waals surface area contributed by atoms with E-state index in [2.05, 4.69) is 10.6 Å². The van der Waals surface area contributed by atoms with Gasteiger partial charge in [-0.1, -0.05) is 24.4 Å². The Labute approximate surface area is 89.5 Å². The number of hydrogen-bond acceptors (Lipinski definition) is 2. The molecule has 80 valence electrons. The van der Waals surface area contributed by atoms with E-state index < -0.39 is 12.3 Å². The van der Waals surface area contributed by atoms with Crippen LogP contribution in [-0.4, -0.2) is 17.3 Å². The van der Waals surface area contributed by atoms with Gasteiger partial charge in [-0.3, -0.25) is 0 Å². The Morgan fingerprint density at radius 2 is 1.80 bits per heavy atom. The Bertz CT molecular complexity index is 403. The van der Waals surface area contributed by atoms with Gasteiger partial charge in [0, 0.05) is 11.3 Å². The fourth-order valence-corrected chi connectivity index (χ4v) is 1.67. The summed E-state index contributed by atoms with van der Waals surface area (Å²) in [6.07, 6.45) is -6.17. The topological polar surface area (TPSA) is 24.1 Å². The van der Waals surface area contributed by atoms with Crippen molar-refractivity contribution >= 4 is 22.9 Å². The van der Waals surface area contributed by atoms with Crippen molar-refractivity contribution in [2.24, 2.45) is 0 Å². The average Bonchev–Trinajstić information content (AvgIpc) is 2.16. The van der Waals surface area contributed by atoms with Gasteiger partial charge in [-0.2, -0.15) is 13.2 Å². The Morgan fingerprint density at radius 1 is 1.13 bits per heavy atom. The van der Waals surface area contributed by atoms with Gasteiger partial charge < -0.3 is 10.6 Å². The molecular weight excluding hydrogens is 225 g/mol. The molecule has 0 fully saturated rings. The van der Waals surface area contributed by atoms with Crippen LogP contribution in [0, 0.1) is 0 Å². The van der Waals surface area contributed by atoms with E-state index in [4.69, 9.17) is 12.2 Å². The maximum atomic E-state index is 12.4. The first kappa shape index (κ1) is 10.2. The summed E-state index contributed by atoms with van der Waals surface area (Å²) in [4.78, 5) is 0.117. The number of alkyl halides is 3. The first-order chi connectivity index (χ1) is 6.98. The summed E-state index contributed by atoms with van der Waals surface area (Å²) in [5, 5.41) is 4.55. The standard InChI is InChI=1S/C9H7F3N2S/c10-9(11,12)8-13-6-4-2-1-3-5(6)7(15)14-8/h1-4,8,13H,(H,14,15). The van der Waals surface area contributed by atoms with Gasteiger partial charge in [0.2, 0.25) is 0 Å². The lowest BCUT2D eigenvalue weighted by Gasteiger charge is -2.30. The molecule has 0 aromatic heterocycles. The molecule has 0 saturated heterocycles. The van der Waals surface area contributed by atoms with Crippen molar-refractivity contribution in [1.29, 1.82) is 0 Å². The van der Waals surface area contributed by atoms with E-state index in [0.29, 0.717) is 11.3 Å². The summed E-state index contributed by atoms with van der Waals surface area (Å²) < 4.78 is 37.3. The van der Waals surface area contributed by atoms with Crippen molar-refractivity contribution < 1.29 is 13.2 Å². The van der Waals surface area contributed by atoms with Gasteiger partial charge in [-0.15, -0.1) is 0 Å². The van der Waals surface area contributed by atoms with Crippen molar-refractivity contribution in [3.8, 4) is 0 Å². The third kappa shape index (κ3) is 1.90. The summed E-state index contributed by atoms with van der Waals surface area (Å²) in [6.45, 7) is 0. The van der Waals surface area contributed by atoms with Gasteiger partial charge >= 0.3 is 6.18 Å². The van der Waals surface area contributed by atoms with E-state index in [1.54, 1.807) is 24.3 Å². The Balaban J connectivity index is 2.35. The normalized spacial score (nSPS) is 20.2. The number of benzene rings is 1. The maximum absolute atomic E-state index is 12.4. The number of halogens is 3. The fourth-order valence-electron chi connectivity index (χ4n) is 1.37. The molecule has 0 radical (unpaired) electrons. The van der Waals surface area contributed by atoms with Crippen LogP contribution < -0.4 is 10.6 Å². The van der Waals surface area contributed by atoms with Gasteiger partial charge in [0.25, 0.3) is 0 Å². The monoisotopic (exact) mass is 232 g/mol. The van der Waals surface area contributed by atoms with Crippen molar-refractivity contribution in [3.05, 3.63) is 29.8 Å². The molecule has 2 nitrogen and oxygen atoms in total. The van der Waals surface area contributed by atoms with Crippen LogP contribution in [0.25, 0.3) is 0 Å². The lowest BCUT2D eigenvalue weighted by atomic mass is 10.1. The molecule has 2 N–H and O–H groups in total. The molecule has 1 aromatic rings. The van der Waals surface area contributed by atoms with Crippen LogP contribution in [0.15, 0.2) is 24.3 Å². The van der Waals surface area contributed by atoms with Crippen LogP contribution in [0.4, 0.5) is 18.9 Å². The van der Waals surface area contributed by atoms with Crippen LogP contribution in [0.1, 0.15) is 5.56 Å². The summed E-state index contributed by atoms with van der Waals surface area (Å²) in [5.41, 5.74) is 0.997. The molecule has 1 aliphatic rings. The minimum absolute atomic E-state index is 0.117. The molecule has 1 heterocycles. The second-order valence-corrected chi connectivity index (χ2v) is 3.55. The van der Waals surface area contributed by atoms with E-state index in [0.717, 1.165) is 0 Å². The predicted octanol–water partition coefficient (Wildman–Crippen LogP) is 2.27. The number of para-hydroxylation sites is 1. The van der Waals surface area contributed by atoms with Crippen LogP contribution in [0.2, 0.25) is 0 Å². The van der Waals surface area contributed by atoms with Gasteiger partial charge in [0.05, 0.1) is 0 Å². The molecule has 1 atom stereocenters. The number of rotatable bonds is 0. The summed E-state index contributed by atoms with van der Waals surface area (Å²) in [7, 11) is 0. The zero-order valence-electron chi connectivity index (χ0n) is 7.43. The highest BCUT2D eigenvalue weighted by molar-refractivity contribution is 7.80. The molecule has 1 aromatic carbocycles. The molecule has 15 heavy (non-hydrogen) atoms. The fraction of sp³-hybridized carbons (Fsp3) is 0.222. The number of fused-ring (bicyclic) bond motifs is 1. The number of thiocarbonyl (C=S) groups is 1. The Hall–Kier alpha value is -1.30. The van der Waals surface area contributed by atoms with Crippen LogP contribution in [-0.2, 0) is 0 Å². The van der Waals surface area contributed by atoms with E-state index in [-0.39, 0.29) is 4.99 Å². The summed E-state index contributed by atoms with van der Waals surface area (Å²) in [6, 6.07) is 6.63. The van der Waals surface area contributed by atoms with Crippen molar-refractivity contribution in [2.45, 2.75) is 12.3 Å². The number of anilines is 1. The lowest BCUT2D eigenvalue weighted by molar-refractivity contribution is -0.145. The maximum Gasteiger partial charge on any atom is 0.427 e. The van der Waals surface area contributed by atoms with Crippen molar-refractivity contribution in [1.82, 2.24) is 5.32 Å². The van der Waals surface area contributed by atoms with Gasteiger partial charge in [0.1, 0.15) is 4.99 Å². The molecule has 6 heteroatoms. The molecule has 0 saturated carbocycles. The van der Waals surface area contributed by atoms with E-state index in [1.165, 1.54) is 0 Å². The Morgan fingerprint density at radius 3 is 2.47 bits per heavy atom. The van der Waals surface area contributed by atoms with Crippen LogP contribution in [0.3, 0.4) is 0 Å². The second-order valence-electron chi connectivity index (χ2n) is 3.14. The minimum atomic E-state index is -4.36. The third-order valence-corrected chi connectivity index (χ3v) is 2.41. The Kier molecular flexibility index (Phi) is 2.30. The molecule has 0 spiro atoms. The molecule has 0 aliphatic carbocycles. The van der Waals surface area contributed by atoms with E-state index in [9.17, 15) is 13.2 Å². The summed E-state index contributed by atoms with van der Waals surface area (Å²) in [5.74, 6) is 0. The third-order valence-electron chi connectivity index (χ3n) is 2.07. The zero-order chi connectivity index (χ0) is 11.1. The zero-order valence-corrected chi connectivity index (χ0v) is 8.25.